The van der Waals surface area contributed by atoms with Crippen molar-refractivity contribution >= 4 is 5.97 Å². The van der Waals surface area contributed by atoms with Gasteiger partial charge in [-0.15, -0.1) is 0 Å². The highest BCUT2D eigenvalue weighted by molar-refractivity contribution is 5.86. The summed E-state index contributed by atoms with van der Waals surface area (Å²) in [5.41, 5.74) is 7.33. The van der Waals surface area contributed by atoms with Gasteiger partial charge in [-0.25, -0.2) is 4.79 Å². The Balaban J connectivity index is 1.67. The van der Waals surface area contributed by atoms with Crippen molar-refractivity contribution in [1.82, 2.24) is 0 Å². The number of aliphatic hydroxyl groups excluding tert-OH is 1. The molecule has 0 saturated carbocycles. The van der Waals surface area contributed by atoms with Crippen LogP contribution in [0.3, 0.4) is 0 Å². The number of ether oxygens (including phenoxy) is 3. The van der Waals surface area contributed by atoms with Gasteiger partial charge in [-0.2, -0.15) is 0 Å². The predicted molar refractivity (Wildman–Crippen MR) is 176 cm³/mol. The van der Waals surface area contributed by atoms with E-state index < -0.39 is 12.1 Å². The third-order valence-electron chi connectivity index (χ3n) is 8.04. The molecule has 0 aliphatic carbocycles. The Bertz CT molecular complexity index is 1420. The highest BCUT2D eigenvalue weighted by Crippen LogP contribution is 2.42. The zero-order chi connectivity index (χ0) is 31.5. The van der Waals surface area contributed by atoms with Gasteiger partial charge >= 0.3 is 5.97 Å². The molecular formula is C39H44O5. The minimum Gasteiger partial charge on any atom is -0.490 e. The highest BCUT2D eigenvalue weighted by atomic mass is 16.6. The van der Waals surface area contributed by atoms with Gasteiger partial charge in [-0.1, -0.05) is 130 Å². The fourth-order valence-corrected chi connectivity index (χ4v) is 5.30. The normalized spacial score (nSPS) is 13.8. The van der Waals surface area contributed by atoms with Crippen LogP contribution in [0.4, 0.5) is 0 Å². The lowest BCUT2D eigenvalue weighted by Crippen LogP contribution is -2.25. The molecule has 0 spiro atoms. The average molecular weight is 593 g/mol. The van der Waals surface area contributed by atoms with E-state index in [2.05, 4.69) is 112 Å². The van der Waals surface area contributed by atoms with Gasteiger partial charge in [0.1, 0.15) is 25.1 Å². The molecule has 4 aromatic rings. The first-order chi connectivity index (χ1) is 21.3. The smallest absolute Gasteiger partial charge is 0.333 e. The Hall–Kier alpha value is -4.19. The van der Waals surface area contributed by atoms with Gasteiger partial charge in [-0.05, 0) is 29.2 Å². The van der Waals surface area contributed by atoms with Gasteiger partial charge < -0.3 is 19.3 Å². The number of benzene rings is 4. The predicted octanol–water partition coefficient (Wildman–Crippen LogP) is 8.02. The molecule has 0 fully saturated rings. The number of aliphatic hydroxyl groups is 1. The van der Waals surface area contributed by atoms with Crippen LogP contribution in [0.5, 0.6) is 5.75 Å². The van der Waals surface area contributed by atoms with Crippen LogP contribution in [0.1, 0.15) is 78.8 Å². The van der Waals surface area contributed by atoms with Crippen molar-refractivity contribution < 1.29 is 24.1 Å². The molecule has 230 valence electrons. The van der Waals surface area contributed by atoms with E-state index in [0.717, 1.165) is 16.9 Å². The molecule has 4 unspecified atom stereocenters. The van der Waals surface area contributed by atoms with E-state index in [4.69, 9.17) is 14.2 Å². The number of hydrogen-bond donors (Lipinski definition) is 1. The minimum atomic E-state index is -0.866. The summed E-state index contributed by atoms with van der Waals surface area (Å²) in [6, 6.07) is 36.0. The molecule has 0 bridgehead atoms. The van der Waals surface area contributed by atoms with E-state index in [1.165, 1.54) is 22.3 Å². The van der Waals surface area contributed by atoms with Crippen molar-refractivity contribution in [1.29, 1.82) is 0 Å². The summed E-state index contributed by atoms with van der Waals surface area (Å²) < 4.78 is 17.2. The van der Waals surface area contributed by atoms with Crippen LogP contribution < -0.4 is 4.74 Å². The topological polar surface area (TPSA) is 65.0 Å². The highest BCUT2D eigenvalue weighted by Gasteiger charge is 2.25. The monoisotopic (exact) mass is 592 g/mol. The first kappa shape index (κ1) is 32.7. The molecule has 0 aliphatic heterocycles. The standard InChI is InChI=1S/C39H44O5/c1-27(2)39(41)43-22-21-42-25-35(40)26-44-38-36(29(4)32-17-11-7-12-18-32)23-34(28(3)31-15-9-6-10-16-31)24-37(38)30(5)33-19-13-8-14-20-33/h6-20,23-24,28-30,35,40H,1,21-22,25-26H2,2-5H3. The van der Waals surface area contributed by atoms with Crippen LogP contribution in [0, 0.1) is 0 Å². The molecule has 0 heterocycles. The maximum atomic E-state index is 11.6. The maximum absolute atomic E-state index is 11.6. The van der Waals surface area contributed by atoms with Crippen LogP contribution >= 0.6 is 0 Å². The van der Waals surface area contributed by atoms with E-state index in [0.29, 0.717) is 5.57 Å². The number of esters is 1. The number of carbonyl (C=O) groups excluding carboxylic acids is 1. The Morgan fingerprint density at radius 2 is 1.14 bits per heavy atom. The summed E-state index contributed by atoms with van der Waals surface area (Å²) in [4.78, 5) is 11.6. The van der Waals surface area contributed by atoms with Crippen molar-refractivity contribution in [3.63, 3.8) is 0 Å². The SMILES string of the molecule is C=C(C)C(=O)OCCOCC(O)COc1c(C(C)c2ccccc2)cc(C(C)c2ccccc2)cc1C(C)c1ccccc1. The van der Waals surface area contributed by atoms with Crippen molar-refractivity contribution in [2.45, 2.75) is 51.6 Å². The summed E-state index contributed by atoms with van der Waals surface area (Å²) in [5.74, 6) is 0.602. The van der Waals surface area contributed by atoms with Crippen LogP contribution in [0.15, 0.2) is 115 Å². The molecule has 1 N–H and O–H groups in total. The Morgan fingerprint density at radius 3 is 1.59 bits per heavy atom. The molecule has 0 saturated heterocycles. The van der Waals surface area contributed by atoms with Gasteiger partial charge in [-0.3, -0.25) is 0 Å². The summed E-state index contributed by atoms with van der Waals surface area (Å²) in [7, 11) is 0. The molecule has 5 heteroatoms. The van der Waals surface area contributed by atoms with Gasteiger partial charge in [0.2, 0.25) is 0 Å². The molecule has 4 aromatic carbocycles. The summed E-state index contributed by atoms with van der Waals surface area (Å²) in [6.07, 6.45) is -0.866. The van der Waals surface area contributed by atoms with Crippen molar-refractivity contribution in [3.05, 3.63) is 149 Å². The van der Waals surface area contributed by atoms with Gasteiger partial charge in [0.05, 0.1) is 13.2 Å². The van der Waals surface area contributed by atoms with Crippen LogP contribution in [-0.2, 0) is 14.3 Å². The lowest BCUT2D eigenvalue weighted by Gasteiger charge is -2.27. The second-order valence-corrected chi connectivity index (χ2v) is 11.4. The Kier molecular flexibility index (Phi) is 11.9. The molecule has 0 aliphatic rings. The van der Waals surface area contributed by atoms with Crippen LogP contribution in [0.2, 0.25) is 0 Å². The zero-order valence-electron chi connectivity index (χ0n) is 26.2. The fourth-order valence-electron chi connectivity index (χ4n) is 5.30. The summed E-state index contributed by atoms with van der Waals surface area (Å²) in [6.45, 7) is 12.2. The molecule has 4 rings (SSSR count). The number of carbonyl (C=O) groups is 1. The van der Waals surface area contributed by atoms with Crippen molar-refractivity contribution in [2.24, 2.45) is 0 Å². The van der Waals surface area contributed by atoms with Crippen LogP contribution in [-0.4, -0.2) is 43.6 Å². The van der Waals surface area contributed by atoms with E-state index in [9.17, 15) is 9.90 Å². The Morgan fingerprint density at radius 1 is 0.682 bits per heavy atom. The summed E-state index contributed by atoms with van der Waals surface area (Å²) >= 11 is 0. The maximum Gasteiger partial charge on any atom is 0.333 e. The molecule has 0 radical (unpaired) electrons. The van der Waals surface area contributed by atoms with E-state index in [1.54, 1.807) is 6.92 Å². The second kappa shape index (κ2) is 16.0. The van der Waals surface area contributed by atoms with E-state index in [-0.39, 0.29) is 44.2 Å². The van der Waals surface area contributed by atoms with Crippen molar-refractivity contribution in [2.75, 3.05) is 26.4 Å². The largest absolute Gasteiger partial charge is 0.490 e. The van der Waals surface area contributed by atoms with Crippen molar-refractivity contribution in [3.8, 4) is 5.75 Å². The van der Waals surface area contributed by atoms with Crippen LogP contribution in [0.25, 0.3) is 0 Å². The van der Waals surface area contributed by atoms with E-state index >= 15 is 0 Å². The molecule has 0 aromatic heterocycles. The minimum absolute atomic E-state index is 0.0484. The zero-order valence-corrected chi connectivity index (χ0v) is 26.2. The molecular weight excluding hydrogens is 548 g/mol. The van der Waals surface area contributed by atoms with Gasteiger partial charge in [0.25, 0.3) is 0 Å². The molecule has 4 atom stereocenters. The lowest BCUT2D eigenvalue weighted by atomic mass is 9.81. The first-order valence-electron chi connectivity index (χ1n) is 15.3. The molecule has 0 amide bonds. The second-order valence-electron chi connectivity index (χ2n) is 11.4. The summed E-state index contributed by atoms with van der Waals surface area (Å²) in [5, 5.41) is 10.8. The fraction of sp³-hybridized carbons (Fsp3) is 0.308. The first-order valence-corrected chi connectivity index (χ1v) is 15.3. The number of hydrogen-bond acceptors (Lipinski definition) is 5. The average Bonchev–Trinajstić information content (AvgIpc) is 3.06. The molecule has 5 nitrogen and oxygen atoms in total. The van der Waals surface area contributed by atoms with Gasteiger partial charge in [0.15, 0.2) is 0 Å². The van der Waals surface area contributed by atoms with Gasteiger partial charge in [0, 0.05) is 34.5 Å². The quantitative estimate of drug-likeness (QED) is 0.0860. The third kappa shape index (κ3) is 8.68. The molecule has 44 heavy (non-hydrogen) atoms. The third-order valence-corrected chi connectivity index (χ3v) is 8.04. The number of rotatable bonds is 15. The lowest BCUT2D eigenvalue weighted by molar-refractivity contribution is -0.140. The van der Waals surface area contributed by atoms with E-state index in [1.807, 2.05) is 18.2 Å². The Labute approximate surface area is 262 Å².